The number of benzene rings is 1. The summed E-state index contributed by atoms with van der Waals surface area (Å²) in [5.74, 6) is -2.01. The summed E-state index contributed by atoms with van der Waals surface area (Å²) in [6, 6.07) is 2.53. The second kappa shape index (κ2) is 6.75. The Labute approximate surface area is 120 Å². The van der Waals surface area contributed by atoms with Gasteiger partial charge in [0.15, 0.2) is 0 Å². The van der Waals surface area contributed by atoms with Crippen LogP contribution >= 0.6 is 0 Å². The molecule has 0 unspecified atom stereocenters. The van der Waals surface area contributed by atoms with Gasteiger partial charge in [-0.1, -0.05) is 0 Å². The summed E-state index contributed by atoms with van der Waals surface area (Å²) in [7, 11) is 0. The number of rotatable bonds is 6. The van der Waals surface area contributed by atoms with Crippen LogP contribution in [0.2, 0.25) is 0 Å². The number of hydrogen-bond donors (Lipinski definition) is 1. The molecule has 0 fully saturated rings. The van der Waals surface area contributed by atoms with Crippen LogP contribution in [0.15, 0.2) is 18.2 Å². The maximum absolute atomic E-state index is 12.1. The lowest BCUT2D eigenvalue weighted by molar-refractivity contribution is -0.274. The van der Waals surface area contributed by atoms with Crippen LogP contribution in [0.25, 0.3) is 0 Å². The predicted octanol–water partition coefficient (Wildman–Crippen LogP) is 3.41. The summed E-state index contributed by atoms with van der Waals surface area (Å²) < 4.78 is 80.6. The Hall–Kier alpha value is -2.13. The largest absolute Gasteiger partial charge is 0.573 e. The molecule has 1 aromatic carbocycles. The molecule has 1 rings (SSSR count). The van der Waals surface area contributed by atoms with Gasteiger partial charge >= 0.3 is 12.5 Å². The minimum Gasteiger partial charge on any atom is -0.493 e. The topological polar surface area (TPSA) is 61.6 Å². The first-order valence-electron chi connectivity index (χ1n) is 5.87. The minimum atomic E-state index is -4.95. The average Bonchev–Trinajstić information content (AvgIpc) is 2.32. The molecule has 124 valence electrons. The number of carbonyl (C=O) groups is 1. The molecule has 0 saturated carbocycles. The van der Waals surface area contributed by atoms with E-state index in [1.165, 1.54) is 0 Å². The zero-order chi connectivity index (χ0) is 17.0. The lowest BCUT2D eigenvalue weighted by Gasteiger charge is -2.13. The SMILES string of the molecule is NC(=O)c1cc(OC(F)(F)F)ccc1OCCCC(F)(F)F. The fraction of sp³-hybridized carbons (Fsp3) is 0.417. The van der Waals surface area contributed by atoms with E-state index >= 15 is 0 Å². The van der Waals surface area contributed by atoms with Crippen molar-refractivity contribution in [2.24, 2.45) is 5.73 Å². The van der Waals surface area contributed by atoms with E-state index < -0.39 is 36.2 Å². The molecule has 22 heavy (non-hydrogen) atoms. The Morgan fingerprint density at radius 2 is 1.77 bits per heavy atom. The van der Waals surface area contributed by atoms with Crippen molar-refractivity contribution in [2.75, 3.05) is 6.61 Å². The van der Waals surface area contributed by atoms with Crippen LogP contribution in [0.4, 0.5) is 26.3 Å². The fourth-order valence-electron chi connectivity index (χ4n) is 1.48. The Balaban J connectivity index is 2.76. The number of alkyl halides is 6. The van der Waals surface area contributed by atoms with E-state index in [1.54, 1.807) is 0 Å². The van der Waals surface area contributed by atoms with Crippen molar-refractivity contribution in [1.82, 2.24) is 0 Å². The van der Waals surface area contributed by atoms with Crippen LogP contribution < -0.4 is 15.2 Å². The van der Waals surface area contributed by atoms with Crippen molar-refractivity contribution < 1.29 is 40.6 Å². The van der Waals surface area contributed by atoms with Crippen molar-refractivity contribution in [3.8, 4) is 11.5 Å². The lowest BCUT2D eigenvalue weighted by Crippen LogP contribution is -2.19. The predicted molar refractivity (Wildman–Crippen MR) is 62.4 cm³/mol. The third-order valence-corrected chi connectivity index (χ3v) is 2.31. The molecule has 0 aromatic heterocycles. The Kier molecular flexibility index (Phi) is 5.50. The van der Waals surface area contributed by atoms with Gasteiger partial charge in [-0.15, -0.1) is 13.2 Å². The number of halogens is 6. The molecule has 0 aliphatic rings. The van der Waals surface area contributed by atoms with Gasteiger partial charge in [0.1, 0.15) is 11.5 Å². The molecule has 0 spiro atoms. The number of amides is 1. The second-order valence-corrected chi connectivity index (χ2v) is 4.14. The molecule has 0 aliphatic carbocycles. The van der Waals surface area contributed by atoms with Gasteiger partial charge in [-0.25, -0.2) is 0 Å². The van der Waals surface area contributed by atoms with Crippen molar-refractivity contribution in [3.63, 3.8) is 0 Å². The van der Waals surface area contributed by atoms with Crippen LogP contribution in [0.5, 0.6) is 11.5 Å². The smallest absolute Gasteiger partial charge is 0.493 e. The maximum Gasteiger partial charge on any atom is 0.573 e. The zero-order valence-electron chi connectivity index (χ0n) is 10.9. The van der Waals surface area contributed by atoms with E-state index in [4.69, 9.17) is 10.5 Å². The van der Waals surface area contributed by atoms with Crippen LogP contribution in [-0.4, -0.2) is 25.1 Å². The average molecular weight is 331 g/mol. The molecule has 0 saturated heterocycles. The van der Waals surface area contributed by atoms with E-state index in [1.807, 2.05) is 0 Å². The number of nitrogens with two attached hydrogens (primary N) is 1. The number of carbonyl (C=O) groups excluding carboxylic acids is 1. The quantitative estimate of drug-likeness (QED) is 0.642. The van der Waals surface area contributed by atoms with Crippen molar-refractivity contribution in [3.05, 3.63) is 23.8 Å². The van der Waals surface area contributed by atoms with E-state index in [9.17, 15) is 31.1 Å². The van der Waals surface area contributed by atoms with E-state index in [-0.39, 0.29) is 18.8 Å². The molecule has 1 aromatic rings. The molecule has 0 bridgehead atoms. The molecule has 0 atom stereocenters. The van der Waals surface area contributed by atoms with Gasteiger partial charge in [0.25, 0.3) is 5.91 Å². The van der Waals surface area contributed by atoms with Gasteiger partial charge in [0.05, 0.1) is 12.2 Å². The Bertz CT molecular complexity index is 527. The lowest BCUT2D eigenvalue weighted by atomic mass is 10.2. The summed E-state index contributed by atoms with van der Waals surface area (Å²) in [4.78, 5) is 11.2. The molecule has 0 aliphatic heterocycles. The highest BCUT2D eigenvalue weighted by molar-refractivity contribution is 5.96. The van der Waals surface area contributed by atoms with Crippen LogP contribution in [0, 0.1) is 0 Å². The summed E-state index contributed by atoms with van der Waals surface area (Å²) >= 11 is 0. The number of hydrogen-bond acceptors (Lipinski definition) is 3. The normalized spacial score (nSPS) is 12.1. The third kappa shape index (κ3) is 6.55. The van der Waals surface area contributed by atoms with Gasteiger partial charge in [-0.05, 0) is 24.6 Å². The summed E-state index contributed by atoms with van der Waals surface area (Å²) in [6.07, 6.45) is -10.8. The number of primary amides is 1. The maximum atomic E-state index is 12.1. The van der Waals surface area contributed by atoms with Crippen molar-refractivity contribution >= 4 is 5.91 Å². The van der Waals surface area contributed by atoms with Gasteiger partial charge < -0.3 is 15.2 Å². The molecule has 0 radical (unpaired) electrons. The van der Waals surface area contributed by atoms with Crippen molar-refractivity contribution in [1.29, 1.82) is 0 Å². The molecule has 10 heteroatoms. The summed E-state index contributed by atoms with van der Waals surface area (Å²) in [6.45, 7) is -0.376. The highest BCUT2D eigenvalue weighted by Crippen LogP contribution is 2.29. The summed E-state index contributed by atoms with van der Waals surface area (Å²) in [5, 5.41) is 0. The van der Waals surface area contributed by atoms with Gasteiger partial charge in [0, 0.05) is 6.42 Å². The standard InChI is InChI=1S/C12H11F6NO3/c13-11(14,15)4-1-5-21-9-3-2-7(22-12(16,17)18)6-8(9)10(19)20/h2-3,6H,1,4-5H2,(H2,19,20). The molecule has 0 heterocycles. The molecule has 2 N–H and O–H groups in total. The Morgan fingerprint density at radius 3 is 2.27 bits per heavy atom. The van der Waals surface area contributed by atoms with E-state index in [0.717, 1.165) is 12.1 Å². The Morgan fingerprint density at radius 1 is 1.14 bits per heavy atom. The van der Waals surface area contributed by atoms with Crippen LogP contribution in [0.3, 0.4) is 0 Å². The van der Waals surface area contributed by atoms with Gasteiger partial charge in [-0.2, -0.15) is 13.2 Å². The third-order valence-electron chi connectivity index (χ3n) is 2.31. The van der Waals surface area contributed by atoms with E-state index in [2.05, 4.69) is 4.74 Å². The monoisotopic (exact) mass is 331 g/mol. The first-order chi connectivity index (χ1) is 9.98. The minimum absolute atomic E-state index is 0.218. The zero-order valence-corrected chi connectivity index (χ0v) is 10.9. The fourth-order valence-corrected chi connectivity index (χ4v) is 1.48. The molecular weight excluding hydrogens is 320 g/mol. The highest BCUT2D eigenvalue weighted by Gasteiger charge is 2.31. The molecule has 1 amide bonds. The first kappa shape index (κ1) is 17.9. The second-order valence-electron chi connectivity index (χ2n) is 4.14. The van der Waals surface area contributed by atoms with Gasteiger partial charge in [-0.3, -0.25) is 4.79 Å². The van der Waals surface area contributed by atoms with Crippen molar-refractivity contribution in [2.45, 2.75) is 25.4 Å². The van der Waals surface area contributed by atoms with Crippen LogP contribution in [0.1, 0.15) is 23.2 Å². The van der Waals surface area contributed by atoms with Crippen LogP contribution in [-0.2, 0) is 0 Å². The van der Waals surface area contributed by atoms with Gasteiger partial charge in [0.2, 0.25) is 0 Å². The first-order valence-corrected chi connectivity index (χ1v) is 5.87. The molecule has 4 nitrogen and oxygen atoms in total. The molecular formula is C12H11F6NO3. The highest BCUT2D eigenvalue weighted by atomic mass is 19.4. The van der Waals surface area contributed by atoms with E-state index in [0.29, 0.717) is 6.07 Å². The summed E-state index contributed by atoms with van der Waals surface area (Å²) in [5.41, 5.74) is 4.56. The number of ether oxygens (including phenoxy) is 2.